The van der Waals surface area contributed by atoms with Gasteiger partial charge in [0.05, 0.1) is 13.7 Å². The van der Waals surface area contributed by atoms with Crippen LogP contribution in [0.25, 0.3) is 0 Å². The molecule has 2 rings (SSSR count). The van der Waals surface area contributed by atoms with Crippen molar-refractivity contribution in [3.8, 4) is 5.75 Å². The topological polar surface area (TPSA) is 62.7 Å². The zero-order valence-corrected chi connectivity index (χ0v) is 16.4. The summed E-state index contributed by atoms with van der Waals surface area (Å²) in [6, 6.07) is 8.33. The van der Waals surface area contributed by atoms with Crippen molar-refractivity contribution in [3.05, 3.63) is 29.8 Å². The van der Waals surface area contributed by atoms with Crippen LogP contribution in [-0.4, -0.2) is 40.9 Å². The predicted octanol–water partition coefficient (Wildman–Crippen LogP) is 2.83. The lowest BCUT2D eigenvalue weighted by Crippen LogP contribution is -2.46. The van der Waals surface area contributed by atoms with E-state index in [4.69, 9.17) is 9.73 Å². The molecule has 0 spiro atoms. The molecule has 0 bridgehead atoms. The smallest absolute Gasteiger partial charge is 0.191 e. The zero-order valence-electron chi connectivity index (χ0n) is 15.6. The first-order chi connectivity index (χ1) is 12.2. The number of nitrogens with one attached hydrogen (secondary N) is 2. The van der Waals surface area contributed by atoms with Gasteiger partial charge in [-0.1, -0.05) is 25.5 Å². The summed E-state index contributed by atoms with van der Waals surface area (Å²) in [5.74, 6) is 2.45. The number of methoxy groups -OCH3 is 1. The molecule has 1 saturated carbocycles. The van der Waals surface area contributed by atoms with E-state index in [2.05, 4.69) is 17.6 Å². The van der Waals surface area contributed by atoms with Crippen LogP contribution in [0, 0.1) is 0 Å². The summed E-state index contributed by atoms with van der Waals surface area (Å²) < 4.78 is 17.3. The number of aliphatic imine (C=N–C) groups is 1. The van der Waals surface area contributed by atoms with Crippen molar-refractivity contribution in [1.29, 1.82) is 0 Å². The van der Waals surface area contributed by atoms with Gasteiger partial charge in [0.15, 0.2) is 5.96 Å². The van der Waals surface area contributed by atoms with Gasteiger partial charge < -0.3 is 15.4 Å². The summed E-state index contributed by atoms with van der Waals surface area (Å²) in [7, 11) is 0.968. The van der Waals surface area contributed by atoms with Crippen molar-refractivity contribution in [2.75, 3.05) is 19.4 Å². The fourth-order valence-corrected chi connectivity index (χ4v) is 4.51. The Balaban J connectivity index is 1.95. The van der Waals surface area contributed by atoms with Gasteiger partial charge in [-0.05, 0) is 43.9 Å². The lowest BCUT2D eigenvalue weighted by Gasteiger charge is -2.30. The third-order valence-electron chi connectivity index (χ3n) is 4.55. The molecular weight excluding hydrogens is 334 g/mol. The number of benzene rings is 1. The van der Waals surface area contributed by atoms with Gasteiger partial charge in [0.1, 0.15) is 5.75 Å². The second kappa shape index (κ2) is 10.4. The normalized spacial score (nSPS) is 22.3. The van der Waals surface area contributed by atoms with Gasteiger partial charge in [0, 0.05) is 34.4 Å². The quantitative estimate of drug-likeness (QED) is 0.576. The van der Waals surface area contributed by atoms with E-state index < -0.39 is 10.8 Å². The van der Waals surface area contributed by atoms with Gasteiger partial charge in [-0.3, -0.25) is 4.21 Å². The second-order valence-electron chi connectivity index (χ2n) is 6.34. The monoisotopic (exact) mass is 365 g/mol. The van der Waals surface area contributed by atoms with Crippen LogP contribution in [0.5, 0.6) is 5.75 Å². The first-order valence-corrected chi connectivity index (χ1v) is 10.6. The fraction of sp³-hybridized carbons (Fsp3) is 0.632. The van der Waals surface area contributed by atoms with Gasteiger partial charge in [-0.25, -0.2) is 4.99 Å². The van der Waals surface area contributed by atoms with Crippen molar-refractivity contribution in [2.24, 2.45) is 4.99 Å². The molecule has 0 saturated heterocycles. The van der Waals surface area contributed by atoms with Crippen LogP contribution in [0.2, 0.25) is 0 Å². The van der Waals surface area contributed by atoms with Crippen molar-refractivity contribution >= 4 is 16.8 Å². The summed E-state index contributed by atoms with van der Waals surface area (Å²) in [4.78, 5) is 4.70. The third kappa shape index (κ3) is 6.34. The highest BCUT2D eigenvalue weighted by Crippen LogP contribution is 2.23. The molecule has 0 aromatic heterocycles. The molecular formula is C19H31N3O2S. The van der Waals surface area contributed by atoms with Crippen LogP contribution in [0.4, 0.5) is 0 Å². The molecule has 3 atom stereocenters. The predicted molar refractivity (Wildman–Crippen MR) is 106 cm³/mol. The van der Waals surface area contributed by atoms with Crippen molar-refractivity contribution in [1.82, 2.24) is 10.6 Å². The molecule has 0 heterocycles. The average Bonchev–Trinajstić information content (AvgIpc) is 2.66. The summed E-state index contributed by atoms with van der Waals surface area (Å²) in [5.41, 5.74) is 1.15. The van der Waals surface area contributed by atoms with Crippen LogP contribution >= 0.6 is 0 Å². The molecule has 5 nitrogen and oxygen atoms in total. The molecule has 0 aliphatic heterocycles. The Morgan fingerprint density at radius 1 is 1.28 bits per heavy atom. The second-order valence-corrected chi connectivity index (χ2v) is 8.35. The fourth-order valence-electron chi connectivity index (χ4n) is 3.17. The minimum absolute atomic E-state index is 0.320. The summed E-state index contributed by atoms with van der Waals surface area (Å²) in [6.45, 7) is 5.52. The molecule has 1 aliphatic carbocycles. The van der Waals surface area contributed by atoms with Crippen LogP contribution < -0.4 is 15.4 Å². The van der Waals surface area contributed by atoms with E-state index in [0.717, 1.165) is 55.3 Å². The van der Waals surface area contributed by atoms with Gasteiger partial charge in [-0.15, -0.1) is 0 Å². The van der Waals surface area contributed by atoms with Gasteiger partial charge in [-0.2, -0.15) is 0 Å². The molecule has 1 aromatic rings. The molecule has 6 heteroatoms. The van der Waals surface area contributed by atoms with E-state index in [1.807, 2.05) is 31.2 Å². The Labute approximate surface area is 154 Å². The van der Waals surface area contributed by atoms with Crippen molar-refractivity contribution in [2.45, 2.75) is 57.4 Å². The van der Waals surface area contributed by atoms with Gasteiger partial charge in [0.2, 0.25) is 0 Å². The molecule has 3 unspecified atom stereocenters. The molecule has 25 heavy (non-hydrogen) atoms. The maximum absolute atomic E-state index is 12.1. The summed E-state index contributed by atoms with van der Waals surface area (Å²) >= 11 is 0. The minimum Gasteiger partial charge on any atom is -0.497 e. The molecule has 2 N–H and O–H groups in total. The molecule has 1 aromatic carbocycles. The number of guanidine groups is 1. The van der Waals surface area contributed by atoms with Crippen LogP contribution in [0.15, 0.2) is 29.3 Å². The standard InChI is InChI=1S/C19H31N3O2S/c1-4-20-19(21-14-15-9-11-17(24-3)12-10-15)22-16-7-6-8-18(13-16)25(23)5-2/h9-12,16,18H,4-8,13-14H2,1-3H3,(H2,20,21,22). The van der Waals surface area contributed by atoms with E-state index in [9.17, 15) is 4.21 Å². The number of rotatable bonds is 7. The first kappa shape index (κ1) is 19.8. The van der Waals surface area contributed by atoms with E-state index >= 15 is 0 Å². The highest BCUT2D eigenvalue weighted by molar-refractivity contribution is 7.85. The number of hydrogen-bond acceptors (Lipinski definition) is 3. The zero-order chi connectivity index (χ0) is 18.1. The van der Waals surface area contributed by atoms with Crippen LogP contribution in [0.1, 0.15) is 45.1 Å². The van der Waals surface area contributed by atoms with E-state index in [1.54, 1.807) is 7.11 Å². The van der Waals surface area contributed by atoms with Gasteiger partial charge in [0.25, 0.3) is 0 Å². The molecule has 1 aliphatic rings. The molecule has 1 fully saturated rings. The Morgan fingerprint density at radius 2 is 2.04 bits per heavy atom. The third-order valence-corrected chi connectivity index (χ3v) is 6.29. The Morgan fingerprint density at radius 3 is 2.68 bits per heavy atom. The summed E-state index contributed by atoms with van der Waals surface area (Å²) in [5, 5.41) is 7.18. The summed E-state index contributed by atoms with van der Waals surface area (Å²) in [6.07, 6.45) is 4.29. The Kier molecular flexibility index (Phi) is 8.25. The minimum atomic E-state index is -0.702. The number of nitrogens with zero attached hydrogens (tertiary/aromatic N) is 1. The highest BCUT2D eigenvalue weighted by atomic mass is 32.2. The van der Waals surface area contributed by atoms with Gasteiger partial charge >= 0.3 is 0 Å². The Bertz CT molecular complexity index is 575. The molecule has 0 radical (unpaired) electrons. The maximum atomic E-state index is 12.1. The lowest BCUT2D eigenvalue weighted by molar-refractivity contribution is 0.413. The van der Waals surface area contributed by atoms with E-state index in [0.29, 0.717) is 17.8 Å². The number of hydrogen-bond donors (Lipinski definition) is 2. The number of ether oxygens (including phenoxy) is 1. The van der Waals surface area contributed by atoms with Crippen LogP contribution in [-0.2, 0) is 17.3 Å². The Hall–Kier alpha value is -1.56. The SMILES string of the molecule is CCNC(=NCc1ccc(OC)cc1)NC1CCCC(S(=O)CC)C1. The average molecular weight is 366 g/mol. The van der Waals surface area contributed by atoms with Crippen molar-refractivity contribution in [3.63, 3.8) is 0 Å². The van der Waals surface area contributed by atoms with E-state index in [-0.39, 0.29) is 0 Å². The lowest BCUT2D eigenvalue weighted by atomic mass is 9.95. The van der Waals surface area contributed by atoms with E-state index in [1.165, 1.54) is 0 Å². The maximum Gasteiger partial charge on any atom is 0.191 e. The van der Waals surface area contributed by atoms with Crippen LogP contribution in [0.3, 0.4) is 0 Å². The largest absolute Gasteiger partial charge is 0.497 e. The first-order valence-electron chi connectivity index (χ1n) is 9.21. The highest BCUT2D eigenvalue weighted by Gasteiger charge is 2.25. The molecule has 140 valence electrons. The van der Waals surface area contributed by atoms with Crippen molar-refractivity contribution < 1.29 is 8.95 Å². The molecule has 0 amide bonds.